The number of hydrogen-bond donors (Lipinski definition) is 2. The Kier molecular flexibility index (Phi) is 5.41. The number of ketones is 1. The normalized spacial score (nSPS) is 9.07. The monoisotopic (exact) mass is 229 g/mol. The number of Topliss-reactive ketones (excluding diaryl/α,β-unsaturated/α-hetero) is 1. The molecule has 0 bridgehead atoms. The van der Waals surface area contributed by atoms with Crippen molar-refractivity contribution in [3.05, 3.63) is 29.8 Å². The fourth-order valence-corrected chi connectivity index (χ4v) is 1.11. The molecule has 0 amide bonds. The van der Waals surface area contributed by atoms with Gasteiger partial charge in [0.1, 0.15) is 0 Å². The van der Waals surface area contributed by atoms with Gasteiger partial charge in [0.05, 0.1) is 6.42 Å². The molecule has 0 aliphatic rings. The molecular formula is C10H12ClNO3. The number of rotatable bonds is 4. The maximum atomic E-state index is 11.4. The number of carbonyl (C=O) groups excluding carboxylic acids is 1. The fourth-order valence-electron chi connectivity index (χ4n) is 1.11. The standard InChI is InChI=1S/C10H11NO3.ClH/c11-8-4-2-1-3-7(8)9(12)5-6-10(13)14;/h1-4H,5-6,11H2,(H,13,14);1H. The van der Waals surface area contributed by atoms with Crippen LogP contribution in [-0.4, -0.2) is 16.9 Å². The van der Waals surface area contributed by atoms with Gasteiger partial charge >= 0.3 is 5.97 Å². The molecule has 82 valence electrons. The van der Waals surface area contributed by atoms with Crippen LogP contribution in [-0.2, 0) is 4.79 Å². The predicted molar refractivity (Wildman–Crippen MR) is 59.3 cm³/mol. The molecule has 0 saturated heterocycles. The largest absolute Gasteiger partial charge is 0.481 e. The number of carboxylic acid groups (broad SMARTS) is 1. The van der Waals surface area contributed by atoms with Crippen LogP contribution in [0.5, 0.6) is 0 Å². The summed E-state index contributed by atoms with van der Waals surface area (Å²) in [6.07, 6.45) is -0.170. The van der Waals surface area contributed by atoms with Crippen molar-refractivity contribution in [3.63, 3.8) is 0 Å². The maximum absolute atomic E-state index is 11.4. The first-order valence-corrected chi connectivity index (χ1v) is 4.20. The summed E-state index contributed by atoms with van der Waals surface area (Å²) in [5.74, 6) is -1.21. The van der Waals surface area contributed by atoms with Crippen LogP contribution in [0.15, 0.2) is 24.3 Å². The third kappa shape index (κ3) is 3.99. The Morgan fingerprint density at radius 2 is 1.80 bits per heavy atom. The predicted octanol–water partition coefficient (Wildman–Crippen LogP) is 1.74. The van der Waals surface area contributed by atoms with Crippen LogP contribution in [0.3, 0.4) is 0 Å². The highest BCUT2D eigenvalue weighted by molar-refractivity contribution is 6.01. The maximum Gasteiger partial charge on any atom is 0.303 e. The highest BCUT2D eigenvalue weighted by Crippen LogP contribution is 2.13. The number of nitrogens with two attached hydrogens (primary N) is 1. The molecule has 4 nitrogen and oxygen atoms in total. The minimum atomic E-state index is -0.979. The summed E-state index contributed by atoms with van der Waals surface area (Å²) in [5, 5.41) is 8.40. The lowest BCUT2D eigenvalue weighted by Gasteiger charge is -2.02. The van der Waals surface area contributed by atoms with E-state index in [0.717, 1.165) is 0 Å². The average molecular weight is 230 g/mol. The zero-order valence-corrected chi connectivity index (χ0v) is 8.79. The Morgan fingerprint density at radius 3 is 2.33 bits per heavy atom. The van der Waals surface area contributed by atoms with Crippen LogP contribution >= 0.6 is 12.4 Å². The number of carbonyl (C=O) groups is 2. The molecule has 0 aromatic heterocycles. The van der Waals surface area contributed by atoms with Gasteiger partial charge in [-0.25, -0.2) is 0 Å². The summed E-state index contributed by atoms with van der Waals surface area (Å²) < 4.78 is 0. The van der Waals surface area contributed by atoms with Gasteiger partial charge in [0.2, 0.25) is 0 Å². The van der Waals surface area contributed by atoms with Gasteiger partial charge in [-0.05, 0) is 12.1 Å². The summed E-state index contributed by atoms with van der Waals surface area (Å²) in [5.41, 5.74) is 6.35. The zero-order chi connectivity index (χ0) is 10.6. The van der Waals surface area contributed by atoms with E-state index in [1.54, 1.807) is 24.3 Å². The molecule has 3 N–H and O–H groups in total. The van der Waals surface area contributed by atoms with Crippen molar-refractivity contribution in [1.29, 1.82) is 0 Å². The lowest BCUT2D eigenvalue weighted by atomic mass is 10.1. The minimum absolute atomic E-state index is 0. The molecule has 0 spiro atoms. The number of para-hydroxylation sites is 1. The highest BCUT2D eigenvalue weighted by Gasteiger charge is 2.10. The molecule has 0 aliphatic heterocycles. The van der Waals surface area contributed by atoms with Crippen molar-refractivity contribution in [2.75, 3.05) is 5.73 Å². The van der Waals surface area contributed by atoms with Gasteiger partial charge in [-0.1, -0.05) is 12.1 Å². The Morgan fingerprint density at radius 1 is 1.20 bits per heavy atom. The zero-order valence-electron chi connectivity index (χ0n) is 7.97. The number of anilines is 1. The first kappa shape index (κ1) is 13.4. The fraction of sp³-hybridized carbons (Fsp3) is 0.200. The molecule has 0 atom stereocenters. The molecule has 1 aromatic rings. The molecule has 0 saturated carbocycles. The molecule has 0 heterocycles. The van der Waals surface area contributed by atoms with Crippen LogP contribution in [0.2, 0.25) is 0 Å². The summed E-state index contributed by atoms with van der Waals surface area (Å²) >= 11 is 0. The number of hydrogen-bond acceptors (Lipinski definition) is 3. The van der Waals surface area contributed by atoms with Gasteiger partial charge in [0.15, 0.2) is 5.78 Å². The molecule has 1 rings (SSSR count). The molecule has 5 heteroatoms. The van der Waals surface area contributed by atoms with Crippen LogP contribution < -0.4 is 5.73 Å². The Labute approximate surface area is 93.5 Å². The Hall–Kier alpha value is -1.55. The van der Waals surface area contributed by atoms with Gasteiger partial charge in [-0.2, -0.15) is 0 Å². The van der Waals surface area contributed by atoms with E-state index < -0.39 is 5.97 Å². The lowest BCUT2D eigenvalue weighted by Crippen LogP contribution is -2.06. The third-order valence-corrected chi connectivity index (χ3v) is 1.83. The molecule has 0 radical (unpaired) electrons. The summed E-state index contributed by atoms with van der Waals surface area (Å²) in [6.45, 7) is 0. The molecule has 0 fully saturated rings. The second-order valence-electron chi connectivity index (χ2n) is 2.90. The van der Waals surface area contributed by atoms with Crippen molar-refractivity contribution >= 4 is 29.8 Å². The molecule has 0 aliphatic carbocycles. The molecule has 15 heavy (non-hydrogen) atoms. The second-order valence-corrected chi connectivity index (χ2v) is 2.90. The summed E-state index contributed by atoms with van der Waals surface area (Å²) in [6, 6.07) is 6.64. The van der Waals surface area contributed by atoms with Crippen molar-refractivity contribution in [1.82, 2.24) is 0 Å². The number of nitrogen functional groups attached to an aromatic ring is 1. The number of aliphatic carboxylic acids is 1. The van der Waals surface area contributed by atoms with E-state index in [9.17, 15) is 9.59 Å². The quantitative estimate of drug-likeness (QED) is 0.609. The van der Waals surface area contributed by atoms with Crippen LogP contribution in [0, 0.1) is 0 Å². The number of halogens is 1. The van der Waals surface area contributed by atoms with Crippen LogP contribution in [0.25, 0.3) is 0 Å². The van der Waals surface area contributed by atoms with E-state index >= 15 is 0 Å². The molecule has 0 unspecified atom stereocenters. The van der Waals surface area contributed by atoms with Crippen molar-refractivity contribution < 1.29 is 14.7 Å². The third-order valence-electron chi connectivity index (χ3n) is 1.83. The first-order valence-electron chi connectivity index (χ1n) is 4.20. The lowest BCUT2D eigenvalue weighted by molar-refractivity contribution is -0.136. The van der Waals surface area contributed by atoms with Gasteiger partial charge < -0.3 is 10.8 Å². The molecular weight excluding hydrogens is 218 g/mol. The van der Waals surface area contributed by atoms with Gasteiger partial charge in [-0.3, -0.25) is 9.59 Å². The first-order chi connectivity index (χ1) is 6.61. The van der Waals surface area contributed by atoms with Crippen molar-refractivity contribution in [2.45, 2.75) is 12.8 Å². The van der Waals surface area contributed by atoms with Crippen LogP contribution in [0.4, 0.5) is 5.69 Å². The highest BCUT2D eigenvalue weighted by atomic mass is 35.5. The smallest absolute Gasteiger partial charge is 0.303 e. The van der Waals surface area contributed by atoms with Crippen molar-refractivity contribution in [2.24, 2.45) is 0 Å². The van der Waals surface area contributed by atoms with E-state index in [1.807, 2.05) is 0 Å². The van der Waals surface area contributed by atoms with Crippen molar-refractivity contribution in [3.8, 4) is 0 Å². The number of benzene rings is 1. The molecule has 1 aromatic carbocycles. The van der Waals surface area contributed by atoms with E-state index in [0.29, 0.717) is 11.3 Å². The van der Waals surface area contributed by atoms with Crippen LogP contribution in [0.1, 0.15) is 23.2 Å². The van der Waals surface area contributed by atoms with E-state index in [1.165, 1.54) is 0 Å². The Bertz CT molecular complexity index is 365. The minimum Gasteiger partial charge on any atom is -0.481 e. The van der Waals surface area contributed by atoms with Gasteiger partial charge in [0.25, 0.3) is 0 Å². The average Bonchev–Trinajstić information content (AvgIpc) is 2.15. The summed E-state index contributed by atoms with van der Waals surface area (Å²) in [7, 11) is 0. The van der Waals surface area contributed by atoms with E-state index in [-0.39, 0.29) is 31.0 Å². The number of carboxylic acids is 1. The van der Waals surface area contributed by atoms with E-state index in [2.05, 4.69) is 0 Å². The van der Waals surface area contributed by atoms with Gasteiger partial charge in [-0.15, -0.1) is 12.4 Å². The SMILES string of the molecule is Cl.Nc1ccccc1C(=O)CCC(=O)O. The van der Waals surface area contributed by atoms with Gasteiger partial charge in [0, 0.05) is 17.7 Å². The topological polar surface area (TPSA) is 80.4 Å². The summed E-state index contributed by atoms with van der Waals surface area (Å²) in [4.78, 5) is 21.7. The second kappa shape index (κ2) is 6.03. The van der Waals surface area contributed by atoms with E-state index in [4.69, 9.17) is 10.8 Å². The Balaban J connectivity index is 0.00000196.